The second-order valence-electron chi connectivity index (χ2n) is 3.38. The van der Waals surface area contributed by atoms with E-state index in [4.69, 9.17) is 5.84 Å². The Hall–Kier alpha value is -0.940. The zero-order chi connectivity index (χ0) is 11.1. The molecule has 5 heteroatoms. The van der Waals surface area contributed by atoms with E-state index in [1.165, 1.54) is 0 Å². The van der Waals surface area contributed by atoms with Crippen molar-refractivity contribution in [3.63, 3.8) is 0 Å². The van der Waals surface area contributed by atoms with Crippen LogP contribution in [0.2, 0.25) is 0 Å². The van der Waals surface area contributed by atoms with Gasteiger partial charge >= 0.3 is 0 Å². The SMILES string of the molecule is CSCCC(C)Nc1cccc(NN)n1. The third-order valence-corrected chi connectivity index (χ3v) is 2.69. The van der Waals surface area contributed by atoms with Crippen molar-refractivity contribution in [2.45, 2.75) is 19.4 Å². The molecule has 0 radical (unpaired) electrons. The average molecular weight is 226 g/mol. The summed E-state index contributed by atoms with van der Waals surface area (Å²) in [4.78, 5) is 4.29. The van der Waals surface area contributed by atoms with Crippen molar-refractivity contribution in [1.82, 2.24) is 4.98 Å². The number of pyridine rings is 1. The highest BCUT2D eigenvalue weighted by Gasteiger charge is 2.02. The molecule has 15 heavy (non-hydrogen) atoms. The van der Waals surface area contributed by atoms with Gasteiger partial charge in [0, 0.05) is 6.04 Å². The van der Waals surface area contributed by atoms with E-state index in [9.17, 15) is 0 Å². The number of aromatic nitrogens is 1. The molecule has 0 aliphatic carbocycles. The lowest BCUT2D eigenvalue weighted by molar-refractivity contribution is 0.767. The lowest BCUT2D eigenvalue weighted by Crippen LogP contribution is -2.17. The molecule has 4 N–H and O–H groups in total. The average Bonchev–Trinajstić information content (AvgIpc) is 2.26. The quantitative estimate of drug-likeness (QED) is 0.511. The molecule has 0 amide bonds. The van der Waals surface area contributed by atoms with Crippen LogP contribution in [-0.2, 0) is 0 Å². The van der Waals surface area contributed by atoms with Gasteiger partial charge in [-0.2, -0.15) is 11.8 Å². The minimum Gasteiger partial charge on any atom is -0.368 e. The van der Waals surface area contributed by atoms with Crippen LogP contribution in [0.5, 0.6) is 0 Å². The Balaban J connectivity index is 2.48. The Morgan fingerprint density at radius 3 is 2.87 bits per heavy atom. The summed E-state index contributed by atoms with van der Waals surface area (Å²) in [6.45, 7) is 2.15. The predicted molar refractivity (Wildman–Crippen MR) is 68.1 cm³/mol. The van der Waals surface area contributed by atoms with Gasteiger partial charge in [0.15, 0.2) is 0 Å². The van der Waals surface area contributed by atoms with E-state index in [1.54, 1.807) is 0 Å². The first kappa shape index (κ1) is 12.1. The summed E-state index contributed by atoms with van der Waals surface area (Å²) >= 11 is 1.86. The Morgan fingerprint density at radius 2 is 2.20 bits per heavy atom. The van der Waals surface area contributed by atoms with Gasteiger partial charge in [-0.15, -0.1) is 0 Å². The van der Waals surface area contributed by atoms with E-state index < -0.39 is 0 Å². The molecule has 0 aliphatic heterocycles. The van der Waals surface area contributed by atoms with Crippen LogP contribution in [0, 0.1) is 0 Å². The number of anilines is 2. The van der Waals surface area contributed by atoms with Crippen LogP contribution in [-0.4, -0.2) is 23.0 Å². The molecule has 4 nitrogen and oxygen atoms in total. The molecule has 0 aromatic carbocycles. The van der Waals surface area contributed by atoms with Crippen LogP contribution in [0.25, 0.3) is 0 Å². The Morgan fingerprint density at radius 1 is 1.47 bits per heavy atom. The molecule has 1 rings (SSSR count). The first-order chi connectivity index (χ1) is 7.26. The molecule has 84 valence electrons. The molecule has 0 saturated carbocycles. The molecule has 1 heterocycles. The van der Waals surface area contributed by atoms with Gasteiger partial charge in [-0.05, 0) is 37.5 Å². The van der Waals surface area contributed by atoms with Crippen molar-refractivity contribution in [3.05, 3.63) is 18.2 Å². The monoisotopic (exact) mass is 226 g/mol. The van der Waals surface area contributed by atoms with E-state index in [1.807, 2.05) is 30.0 Å². The van der Waals surface area contributed by atoms with Crippen LogP contribution in [0.3, 0.4) is 0 Å². The number of hydrazine groups is 1. The Labute approximate surface area is 95.0 Å². The fraction of sp³-hybridized carbons (Fsp3) is 0.500. The molecule has 0 aliphatic rings. The van der Waals surface area contributed by atoms with Gasteiger partial charge < -0.3 is 10.7 Å². The number of nitrogens with one attached hydrogen (secondary N) is 2. The number of nitrogen functional groups attached to an aromatic ring is 1. The van der Waals surface area contributed by atoms with Crippen molar-refractivity contribution >= 4 is 23.4 Å². The minimum absolute atomic E-state index is 0.429. The Kier molecular flexibility index (Phi) is 5.28. The topological polar surface area (TPSA) is 63.0 Å². The van der Waals surface area contributed by atoms with Crippen LogP contribution < -0.4 is 16.6 Å². The molecule has 1 aromatic rings. The smallest absolute Gasteiger partial charge is 0.142 e. The van der Waals surface area contributed by atoms with Crippen molar-refractivity contribution < 1.29 is 0 Å². The number of thioether (sulfide) groups is 1. The standard InChI is InChI=1S/C10H18N4S/c1-8(6-7-15-2)12-9-4-3-5-10(13-9)14-11/h3-5,8H,6-7,11H2,1-2H3,(H2,12,13,14). The van der Waals surface area contributed by atoms with Gasteiger partial charge in [0.25, 0.3) is 0 Å². The van der Waals surface area contributed by atoms with Crippen LogP contribution >= 0.6 is 11.8 Å². The summed E-state index contributed by atoms with van der Waals surface area (Å²) in [5.74, 6) is 7.98. The number of nitrogens with zero attached hydrogens (tertiary/aromatic N) is 1. The third kappa shape index (κ3) is 4.40. The van der Waals surface area contributed by atoms with Gasteiger partial charge in [0.2, 0.25) is 0 Å². The first-order valence-electron chi connectivity index (χ1n) is 4.95. The maximum Gasteiger partial charge on any atom is 0.142 e. The molecule has 0 fully saturated rings. The molecule has 1 atom stereocenters. The fourth-order valence-electron chi connectivity index (χ4n) is 1.21. The van der Waals surface area contributed by atoms with Gasteiger partial charge in [-0.1, -0.05) is 6.07 Å². The van der Waals surface area contributed by atoms with Gasteiger partial charge in [0.05, 0.1) is 0 Å². The number of nitrogens with two attached hydrogens (primary N) is 1. The van der Waals surface area contributed by atoms with E-state index >= 15 is 0 Å². The lowest BCUT2D eigenvalue weighted by atomic mass is 10.2. The van der Waals surface area contributed by atoms with E-state index in [0.29, 0.717) is 11.9 Å². The largest absolute Gasteiger partial charge is 0.368 e. The molecule has 0 saturated heterocycles. The molecular formula is C10H18N4S. The second-order valence-corrected chi connectivity index (χ2v) is 4.36. The van der Waals surface area contributed by atoms with Crippen LogP contribution in [0.1, 0.15) is 13.3 Å². The van der Waals surface area contributed by atoms with E-state index in [2.05, 4.69) is 28.9 Å². The van der Waals surface area contributed by atoms with Crippen LogP contribution in [0.15, 0.2) is 18.2 Å². The van der Waals surface area contributed by atoms with E-state index in [-0.39, 0.29) is 0 Å². The van der Waals surface area contributed by atoms with Gasteiger partial charge in [-0.3, -0.25) is 0 Å². The van der Waals surface area contributed by atoms with Crippen molar-refractivity contribution in [1.29, 1.82) is 0 Å². The molecule has 1 aromatic heterocycles. The lowest BCUT2D eigenvalue weighted by Gasteiger charge is -2.14. The van der Waals surface area contributed by atoms with Crippen molar-refractivity contribution in [3.8, 4) is 0 Å². The number of hydrogen-bond acceptors (Lipinski definition) is 5. The Bertz CT molecular complexity index is 293. The predicted octanol–water partition coefficient (Wildman–Crippen LogP) is 1.92. The van der Waals surface area contributed by atoms with Crippen LogP contribution in [0.4, 0.5) is 11.6 Å². The molecule has 1 unspecified atom stereocenters. The normalized spacial score (nSPS) is 12.2. The summed E-state index contributed by atoms with van der Waals surface area (Å²) in [7, 11) is 0. The second kappa shape index (κ2) is 6.53. The molecular weight excluding hydrogens is 208 g/mol. The van der Waals surface area contributed by atoms with E-state index in [0.717, 1.165) is 18.0 Å². The zero-order valence-electron chi connectivity index (χ0n) is 9.16. The third-order valence-electron chi connectivity index (χ3n) is 2.05. The van der Waals surface area contributed by atoms with Crippen molar-refractivity contribution in [2.24, 2.45) is 5.84 Å². The summed E-state index contributed by atoms with van der Waals surface area (Å²) in [6, 6.07) is 6.12. The molecule has 0 bridgehead atoms. The maximum absolute atomic E-state index is 5.29. The maximum atomic E-state index is 5.29. The van der Waals surface area contributed by atoms with Gasteiger partial charge in [0.1, 0.15) is 11.6 Å². The fourth-order valence-corrected chi connectivity index (χ4v) is 1.80. The highest BCUT2D eigenvalue weighted by Crippen LogP contribution is 2.11. The summed E-state index contributed by atoms with van der Waals surface area (Å²) in [5, 5.41) is 3.33. The summed E-state index contributed by atoms with van der Waals surface area (Å²) in [6.07, 6.45) is 3.24. The van der Waals surface area contributed by atoms with Crippen molar-refractivity contribution in [2.75, 3.05) is 22.8 Å². The highest BCUT2D eigenvalue weighted by molar-refractivity contribution is 7.98. The van der Waals surface area contributed by atoms with Gasteiger partial charge in [-0.25, -0.2) is 10.8 Å². The zero-order valence-corrected chi connectivity index (χ0v) is 9.97. The summed E-state index contributed by atoms with van der Waals surface area (Å²) in [5.41, 5.74) is 2.53. The number of rotatable bonds is 6. The highest BCUT2D eigenvalue weighted by atomic mass is 32.2. The molecule has 0 spiro atoms. The first-order valence-corrected chi connectivity index (χ1v) is 6.34. The minimum atomic E-state index is 0.429. The summed E-state index contributed by atoms with van der Waals surface area (Å²) < 4.78 is 0. The number of hydrogen-bond donors (Lipinski definition) is 3.